The zero-order valence-electron chi connectivity index (χ0n) is 12.4. The quantitative estimate of drug-likeness (QED) is 0.803. The second-order valence-electron chi connectivity index (χ2n) is 5.26. The predicted octanol–water partition coefficient (Wildman–Crippen LogP) is 1.74. The van der Waals surface area contributed by atoms with Gasteiger partial charge in [-0.2, -0.15) is 0 Å². The molecule has 1 aliphatic carbocycles. The van der Waals surface area contributed by atoms with Crippen LogP contribution in [-0.4, -0.2) is 36.9 Å². The van der Waals surface area contributed by atoms with Crippen LogP contribution < -0.4 is 14.8 Å². The Hall–Kier alpha value is -1.75. The van der Waals surface area contributed by atoms with E-state index in [0.29, 0.717) is 18.9 Å². The van der Waals surface area contributed by atoms with Crippen molar-refractivity contribution in [1.29, 1.82) is 0 Å². The summed E-state index contributed by atoms with van der Waals surface area (Å²) >= 11 is 0. The Balaban J connectivity index is 1.68. The van der Waals surface area contributed by atoms with E-state index in [2.05, 4.69) is 5.32 Å². The van der Waals surface area contributed by atoms with E-state index in [1.165, 1.54) is 0 Å². The molecule has 0 aromatic heterocycles. The zero-order valence-corrected chi connectivity index (χ0v) is 12.4. The second-order valence-corrected chi connectivity index (χ2v) is 5.26. The minimum atomic E-state index is -0.280. The number of amides is 1. The third-order valence-corrected chi connectivity index (χ3v) is 3.69. The van der Waals surface area contributed by atoms with Crippen molar-refractivity contribution < 1.29 is 19.4 Å². The Labute approximate surface area is 125 Å². The molecule has 1 aromatic carbocycles. The molecule has 1 saturated carbocycles. The summed E-state index contributed by atoms with van der Waals surface area (Å²) in [6, 6.07) is 7.18. The van der Waals surface area contributed by atoms with Crippen molar-refractivity contribution in [1.82, 2.24) is 5.32 Å². The first kappa shape index (κ1) is 15.6. The average molecular weight is 293 g/mol. The fourth-order valence-electron chi connectivity index (χ4n) is 2.50. The van der Waals surface area contributed by atoms with Gasteiger partial charge in [-0.3, -0.25) is 4.79 Å². The molecule has 116 valence electrons. The smallest absolute Gasteiger partial charge is 0.257 e. The van der Waals surface area contributed by atoms with Gasteiger partial charge < -0.3 is 19.9 Å². The number of aliphatic hydroxyl groups excluding tert-OH is 1. The van der Waals surface area contributed by atoms with Crippen LogP contribution in [0, 0.1) is 5.92 Å². The van der Waals surface area contributed by atoms with Crippen molar-refractivity contribution in [2.45, 2.75) is 32.3 Å². The summed E-state index contributed by atoms with van der Waals surface area (Å²) in [7, 11) is 0. The van der Waals surface area contributed by atoms with Gasteiger partial charge in [-0.15, -0.1) is 0 Å². The normalized spacial score (nSPS) is 21.0. The zero-order chi connectivity index (χ0) is 15.1. The van der Waals surface area contributed by atoms with Crippen molar-refractivity contribution in [2.24, 2.45) is 5.92 Å². The van der Waals surface area contributed by atoms with Crippen LogP contribution in [0.1, 0.15) is 26.2 Å². The Morgan fingerprint density at radius 2 is 1.90 bits per heavy atom. The summed E-state index contributed by atoms with van der Waals surface area (Å²) in [6.45, 7) is 3.05. The Bertz CT molecular complexity index is 446. The van der Waals surface area contributed by atoms with E-state index in [9.17, 15) is 9.90 Å². The molecular formula is C16H23NO4. The monoisotopic (exact) mass is 293 g/mol. The first-order chi connectivity index (χ1) is 10.2. The van der Waals surface area contributed by atoms with E-state index < -0.39 is 0 Å². The average Bonchev–Trinajstić information content (AvgIpc) is 2.90. The molecule has 5 heteroatoms. The maximum absolute atomic E-state index is 11.7. The lowest BCUT2D eigenvalue weighted by molar-refractivity contribution is -0.123. The molecule has 2 rings (SSSR count). The van der Waals surface area contributed by atoms with Crippen LogP contribution in [-0.2, 0) is 4.79 Å². The minimum absolute atomic E-state index is 0.0171. The SMILES string of the molecule is CCOc1ccc(OCC(=O)NCC2CCCC2O)cc1. The summed E-state index contributed by atoms with van der Waals surface area (Å²) in [5, 5.41) is 12.5. The first-order valence-corrected chi connectivity index (χ1v) is 7.49. The van der Waals surface area contributed by atoms with E-state index in [4.69, 9.17) is 9.47 Å². The van der Waals surface area contributed by atoms with E-state index in [0.717, 1.165) is 25.0 Å². The van der Waals surface area contributed by atoms with Crippen LogP contribution in [0.3, 0.4) is 0 Å². The van der Waals surface area contributed by atoms with E-state index in [1.807, 2.05) is 19.1 Å². The third-order valence-electron chi connectivity index (χ3n) is 3.69. The number of nitrogens with one attached hydrogen (secondary N) is 1. The maximum atomic E-state index is 11.7. The van der Waals surface area contributed by atoms with Crippen molar-refractivity contribution in [3.05, 3.63) is 24.3 Å². The van der Waals surface area contributed by atoms with Crippen LogP contribution in [0.5, 0.6) is 11.5 Å². The molecule has 0 aliphatic heterocycles. The van der Waals surface area contributed by atoms with Crippen LogP contribution in [0.2, 0.25) is 0 Å². The molecule has 0 bridgehead atoms. The van der Waals surface area contributed by atoms with E-state index >= 15 is 0 Å². The molecule has 2 N–H and O–H groups in total. The lowest BCUT2D eigenvalue weighted by Crippen LogP contribution is -2.35. The van der Waals surface area contributed by atoms with Gasteiger partial charge in [0.2, 0.25) is 0 Å². The van der Waals surface area contributed by atoms with Crippen molar-refractivity contribution in [3.63, 3.8) is 0 Å². The predicted molar refractivity (Wildman–Crippen MR) is 79.5 cm³/mol. The lowest BCUT2D eigenvalue weighted by atomic mass is 10.1. The van der Waals surface area contributed by atoms with Crippen LogP contribution in [0.25, 0.3) is 0 Å². The topological polar surface area (TPSA) is 67.8 Å². The Kier molecular flexibility index (Phi) is 5.87. The molecule has 0 spiro atoms. The number of hydrogen-bond acceptors (Lipinski definition) is 4. The molecule has 0 radical (unpaired) electrons. The molecule has 0 heterocycles. The third kappa shape index (κ3) is 4.93. The fourth-order valence-corrected chi connectivity index (χ4v) is 2.50. The molecule has 2 atom stereocenters. The van der Waals surface area contributed by atoms with Gasteiger partial charge in [0.15, 0.2) is 6.61 Å². The number of ether oxygens (including phenoxy) is 2. The van der Waals surface area contributed by atoms with Gasteiger partial charge in [0.1, 0.15) is 11.5 Å². The van der Waals surface area contributed by atoms with Gasteiger partial charge in [0.25, 0.3) is 5.91 Å². The van der Waals surface area contributed by atoms with E-state index in [1.54, 1.807) is 12.1 Å². The minimum Gasteiger partial charge on any atom is -0.494 e. The highest BCUT2D eigenvalue weighted by Crippen LogP contribution is 2.24. The maximum Gasteiger partial charge on any atom is 0.257 e. The van der Waals surface area contributed by atoms with Gasteiger partial charge in [0.05, 0.1) is 12.7 Å². The molecule has 2 unspecified atom stereocenters. The summed E-state index contributed by atoms with van der Waals surface area (Å²) in [4.78, 5) is 11.7. The largest absolute Gasteiger partial charge is 0.494 e. The standard InChI is InChI=1S/C16H23NO4/c1-2-20-13-6-8-14(9-7-13)21-11-16(19)17-10-12-4-3-5-15(12)18/h6-9,12,15,18H,2-5,10-11H2,1H3,(H,17,19). The first-order valence-electron chi connectivity index (χ1n) is 7.49. The van der Waals surface area contributed by atoms with Crippen LogP contribution in [0.15, 0.2) is 24.3 Å². The molecule has 1 aromatic rings. The van der Waals surface area contributed by atoms with Gasteiger partial charge in [0, 0.05) is 12.5 Å². The molecule has 5 nitrogen and oxygen atoms in total. The highest BCUT2D eigenvalue weighted by atomic mass is 16.5. The van der Waals surface area contributed by atoms with Crippen molar-refractivity contribution in [3.8, 4) is 11.5 Å². The summed E-state index contributed by atoms with van der Waals surface area (Å²) in [6.07, 6.45) is 2.56. The molecule has 21 heavy (non-hydrogen) atoms. The highest BCUT2D eigenvalue weighted by Gasteiger charge is 2.25. The van der Waals surface area contributed by atoms with Gasteiger partial charge in [-0.05, 0) is 44.0 Å². The molecule has 1 fully saturated rings. The Morgan fingerprint density at radius 3 is 2.48 bits per heavy atom. The summed E-state index contributed by atoms with van der Waals surface area (Å²) in [5.41, 5.74) is 0. The number of carbonyl (C=O) groups excluding carboxylic acids is 1. The molecule has 1 amide bonds. The highest BCUT2D eigenvalue weighted by molar-refractivity contribution is 5.77. The summed E-state index contributed by atoms with van der Waals surface area (Å²) in [5.74, 6) is 1.43. The van der Waals surface area contributed by atoms with Crippen LogP contribution in [0.4, 0.5) is 0 Å². The van der Waals surface area contributed by atoms with Gasteiger partial charge in [-0.1, -0.05) is 6.42 Å². The lowest BCUT2D eigenvalue weighted by Gasteiger charge is -2.15. The van der Waals surface area contributed by atoms with Crippen LogP contribution >= 0.6 is 0 Å². The van der Waals surface area contributed by atoms with E-state index in [-0.39, 0.29) is 24.5 Å². The summed E-state index contributed by atoms with van der Waals surface area (Å²) < 4.78 is 10.7. The van der Waals surface area contributed by atoms with Gasteiger partial charge in [-0.25, -0.2) is 0 Å². The fraction of sp³-hybridized carbons (Fsp3) is 0.562. The number of hydrogen-bond donors (Lipinski definition) is 2. The number of carbonyl (C=O) groups is 1. The molecule has 0 saturated heterocycles. The second kappa shape index (κ2) is 7.88. The van der Waals surface area contributed by atoms with Crippen molar-refractivity contribution in [2.75, 3.05) is 19.8 Å². The van der Waals surface area contributed by atoms with Gasteiger partial charge >= 0.3 is 0 Å². The molecular weight excluding hydrogens is 270 g/mol. The van der Waals surface area contributed by atoms with Crippen molar-refractivity contribution >= 4 is 5.91 Å². The number of rotatable bonds is 7. The number of aliphatic hydroxyl groups is 1. The Morgan fingerprint density at radius 1 is 1.24 bits per heavy atom. The number of benzene rings is 1. The molecule has 1 aliphatic rings.